The third-order valence-corrected chi connectivity index (χ3v) is 7.10. The van der Waals surface area contributed by atoms with Crippen LogP contribution in [0.4, 0.5) is 18.2 Å². The molecule has 4 aromatic rings. The number of hydrogen-bond donors (Lipinski definition) is 1. The molecule has 1 amide bonds. The molecule has 10 heteroatoms. The van der Waals surface area contributed by atoms with E-state index in [2.05, 4.69) is 28.4 Å². The highest BCUT2D eigenvalue weighted by Gasteiger charge is 2.36. The molecule has 0 spiro atoms. The molecular weight excluding hydrogens is 463 g/mol. The molecule has 5 rings (SSSR count). The van der Waals surface area contributed by atoms with Gasteiger partial charge in [0.15, 0.2) is 11.3 Å². The Morgan fingerprint density at radius 3 is 2.76 bits per heavy atom. The topological polar surface area (TPSA) is 83.1 Å². The third-order valence-electron chi connectivity index (χ3n) is 5.93. The van der Waals surface area contributed by atoms with Crippen LogP contribution in [-0.4, -0.2) is 20.5 Å². The maximum Gasteiger partial charge on any atom is 0.433 e. The Morgan fingerprint density at radius 1 is 1.29 bits per heavy atom. The third kappa shape index (κ3) is 3.82. The molecule has 1 aliphatic carbocycles. The summed E-state index contributed by atoms with van der Waals surface area (Å²) >= 11 is 1.35. The van der Waals surface area contributed by atoms with E-state index in [1.165, 1.54) is 11.3 Å². The molecule has 1 atom stereocenters. The number of nitriles is 1. The van der Waals surface area contributed by atoms with Crippen LogP contribution in [0, 0.1) is 17.2 Å². The second kappa shape index (κ2) is 8.25. The first-order valence-electron chi connectivity index (χ1n) is 10.6. The molecule has 172 valence electrons. The lowest BCUT2D eigenvalue weighted by molar-refractivity contribution is -0.142. The fourth-order valence-corrected chi connectivity index (χ4v) is 5.57. The summed E-state index contributed by atoms with van der Waals surface area (Å²) in [6.45, 7) is 2.14. The standard InChI is InChI=1S/C24H18F3N5OS/c1-13-7-8-15-16(11-28)23(34-19(15)9-13)31-22(33)17-12-29-32-20(24(25,26)27)10-18(30-21(17)32)14-5-3-2-4-6-14/h2-6,10,12-13H,7-9H2,1H3,(H,31,33). The van der Waals surface area contributed by atoms with Gasteiger partial charge in [-0.3, -0.25) is 4.79 Å². The lowest BCUT2D eigenvalue weighted by Crippen LogP contribution is -2.16. The van der Waals surface area contributed by atoms with E-state index in [0.29, 0.717) is 26.6 Å². The zero-order chi connectivity index (χ0) is 24.0. The number of carbonyl (C=O) groups excluding carboxylic acids is 1. The van der Waals surface area contributed by atoms with E-state index in [9.17, 15) is 23.2 Å². The molecular formula is C24H18F3N5OS. The molecule has 1 aromatic carbocycles. The van der Waals surface area contributed by atoms with Gasteiger partial charge in [-0.2, -0.15) is 23.5 Å². The largest absolute Gasteiger partial charge is 0.433 e. The quantitative estimate of drug-likeness (QED) is 0.405. The van der Waals surface area contributed by atoms with Crippen LogP contribution in [0.3, 0.4) is 0 Å². The van der Waals surface area contributed by atoms with Crippen molar-refractivity contribution in [3.8, 4) is 17.3 Å². The monoisotopic (exact) mass is 481 g/mol. The van der Waals surface area contributed by atoms with Gasteiger partial charge in [-0.15, -0.1) is 11.3 Å². The number of carbonyl (C=O) groups is 1. The zero-order valence-electron chi connectivity index (χ0n) is 18.0. The Hall–Kier alpha value is -3.71. The van der Waals surface area contributed by atoms with Crippen molar-refractivity contribution in [2.24, 2.45) is 5.92 Å². The number of halogens is 3. The second-order valence-electron chi connectivity index (χ2n) is 8.31. The highest BCUT2D eigenvalue weighted by molar-refractivity contribution is 7.16. The lowest BCUT2D eigenvalue weighted by atomic mass is 9.88. The van der Waals surface area contributed by atoms with Crippen LogP contribution in [0.2, 0.25) is 0 Å². The molecule has 1 aliphatic rings. The average Bonchev–Trinajstić information content (AvgIpc) is 3.38. The van der Waals surface area contributed by atoms with E-state index in [4.69, 9.17) is 0 Å². The van der Waals surface area contributed by atoms with E-state index in [-0.39, 0.29) is 16.9 Å². The predicted octanol–water partition coefficient (Wildman–Crippen LogP) is 5.73. The molecule has 34 heavy (non-hydrogen) atoms. The molecule has 1 N–H and O–H groups in total. The molecule has 3 aromatic heterocycles. The molecule has 6 nitrogen and oxygen atoms in total. The minimum absolute atomic E-state index is 0.0771. The van der Waals surface area contributed by atoms with Crippen LogP contribution >= 0.6 is 11.3 Å². The highest BCUT2D eigenvalue weighted by Crippen LogP contribution is 2.39. The first-order chi connectivity index (χ1) is 16.3. The fourth-order valence-electron chi connectivity index (χ4n) is 4.21. The highest BCUT2D eigenvalue weighted by atomic mass is 32.1. The van der Waals surface area contributed by atoms with Gasteiger partial charge in [-0.05, 0) is 36.8 Å². The van der Waals surface area contributed by atoms with Crippen molar-refractivity contribution >= 4 is 27.9 Å². The number of amides is 1. The predicted molar refractivity (Wildman–Crippen MR) is 122 cm³/mol. The van der Waals surface area contributed by atoms with E-state index < -0.39 is 17.8 Å². The van der Waals surface area contributed by atoms with Crippen LogP contribution in [0.25, 0.3) is 16.9 Å². The molecule has 3 heterocycles. The van der Waals surface area contributed by atoms with Crippen molar-refractivity contribution in [2.45, 2.75) is 32.4 Å². The normalized spacial score (nSPS) is 15.7. The number of alkyl halides is 3. The first-order valence-corrected chi connectivity index (χ1v) is 11.4. The van der Waals surface area contributed by atoms with E-state index in [1.54, 1.807) is 30.3 Å². The zero-order valence-corrected chi connectivity index (χ0v) is 18.8. The molecule has 0 aliphatic heterocycles. The van der Waals surface area contributed by atoms with Crippen LogP contribution in [-0.2, 0) is 19.0 Å². The number of anilines is 1. The van der Waals surface area contributed by atoms with Crippen molar-refractivity contribution in [3.63, 3.8) is 0 Å². The Bertz CT molecular complexity index is 1450. The van der Waals surface area contributed by atoms with Gasteiger partial charge < -0.3 is 5.32 Å². The molecule has 0 saturated heterocycles. The number of fused-ring (bicyclic) bond motifs is 2. The van der Waals surface area contributed by atoms with Crippen LogP contribution in [0.1, 0.15) is 45.4 Å². The van der Waals surface area contributed by atoms with E-state index in [1.807, 2.05) is 0 Å². The van der Waals surface area contributed by atoms with Crippen molar-refractivity contribution in [3.05, 3.63) is 69.9 Å². The Kier molecular flexibility index (Phi) is 5.37. The summed E-state index contributed by atoms with van der Waals surface area (Å²) in [6.07, 6.45) is -1.07. The number of thiophene rings is 1. The minimum Gasteiger partial charge on any atom is -0.312 e. The summed E-state index contributed by atoms with van der Waals surface area (Å²) in [6, 6.07) is 11.5. The average molecular weight is 482 g/mol. The maximum atomic E-state index is 13.8. The number of aromatic nitrogens is 3. The van der Waals surface area contributed by atoms with Gasteiger partial charge in [-0.25, -0.2) is 9.50 Å². The summed E-state index contributed by atoms with van der Waals surface area (Å²) in [5.74, 6) is -0.175. The van der Waals surface area contributed by atoms with Gasteiger partial charge in [0.25, 0.3) is 5.91 Å². The van der Waals surface area contributed by atoms with Gasteiger partial charge in [-0.1, -0.05) is 37.3 Å². The summed E-state index contributed by atoms with van der Waals surface area (Å²) in [5.41, 5.74) is 0.582. The molecule has 0 bridgehead atoms. The summed E-state index contributed by atoms with van der Waals surface area (Å²) < 4.78 is 42.1. The smallest absolute Gasteiger partial charge is 0.312 e. The van der Waals surface area contributed by atoms with Gasteiger partial charge in [0, 0.05) is 10.4 Å². The number of rotatable bonds is 3. The SMILES string of the molecule is CC1CCc2c(sc(NC(=O)c3cnn4c(C(F)(F)F)cc(-c5ccccc5)nc34)c2C#N)C1. The van der Waals surface area contributed by atoms with E-state index >= 15 is 0 Å². The van der Waals surface area contributed by atoms with E-state index in [0.717, 1.165) is 42.0 Å². The Morgan fingerprint density at radius 2 is 2.06 bits per heavy atom. The minimum atomic E-state index is -4.71. The van der Waals surface area contributed by atoms with Crippen molar-refractivity contribution in [1.29, 1.82) is 5.26 Å². The van der Waals surface area contributed by atoms with Gasteiger partial charge in [0.05, 0.1) is 17.5 Å². The van der Waals surface area contributed by atoms with Crippen LogP contribution < -0.4 is 5.32 Å². The maximum absolute atomic E-state index is 13.8. The van der Waals surface area contributed by atoms with Gasteiger partial charge in [0.1, 0.15) is 16.6 Å². The fraction of sp³-hybridized carbons (Fsp3) is 0.250. The van der Waals surface area contributed by atoms with Crippen molar-refractivity contribution in [1.82, 2.24) is 14.6 Å². The number of benzene rings is 1. The van der Waals surface area contributed by atoms with Gasteiger partial charge >= 0.3 is 6.18 Å². The number of nitrogens with zero attached hydrogens (tertiary/aromatic N) is 4. The Balaban J connectivity index is 1.59. The lowest BCUT2D eigenvalue weighted by Gasteiger charge is -2.17. The molecule has 1 unspecified atom stereocenters. The number of nitrogens with one attached hydrogen (secondary N) is 1. The molecule has 0 fully saturated rings. The number of hydrogen-bond acceptors (Lipinski definition) is 5. The molecule has 0 radical (unpaired) electrons. The van der Waals surface area contributed by atoms with Crippen molar-refractivity contribution < 1.29 is 18.0 Å². The van der Waals surface area contributed by atoms with Crippen LogP contribution in [0.5, 0.6) is 0 Å². The summed E-state index contributed by atoms with van der Waals surface area (Å²) in [5, 5.41) is 16.6. The summed E-state index contributed by atoms with van der Waals surface area (Å²) in [7, 11) is 0. The summed E-state index contributed by atoms with van der Waals surface area (Å²) in [4.78, 5) is 18.6. The van der Waals surface area contributed by atoms with Crippen molar-refractivity contribution in [2.75, 3.05) is 5.32 Å². The Labute approximate surface area is 196 Å². The first kappa shape index (κ1) is 22.1. The van der Waals surface area contributed by atoms with Gasteiger partial charge in [0.2, 0.25) is 0 Å². The van der Waals surface area contributed by atoms with Crippen LogP contribution in [0.15, 0.2) is 42.6 Å². The molecule has 0 saturated carbocycles. The second-order valence-corrected chi connectivity index (χ2v) is 9.41.